The van der Waals surface area contributed by atoms with Crippen molar-refractivity contribution in [2.45, 2.75) is 78.9 Å². The Bertz CT molecular complexity index is 4600. The summed E-state index contributed by atoms with van der Waals surface area (Å²) < 4.78 is 83.5. The first-order chi connectivity index (χ1) is 43.3. The number of amides is 1. The van der Waals surface area contributed by atoms with E-state index in [0.717, 1.165) is 18.0 Å². The van der Waals surface area contributed by atoms with Crippen LogP contribution in [0.25, 0.3) is 49.8 Å². The van der Waals surface area contributed by atoms with Crippen LogP contribution in [0, 0.1) is 31.8 Å². The molecule has 5 aromatic heterocycles. The first-order valence-corrected chi connectivity index (χ1v) is 28.3. The molecule has 0 aliphatic rings. The van der Waals surface area contributed by atoms with Gasteiger partial charge in [-0.2, -0.15) is 20.1 Å². The van der Waals surface area contributed by atoms with Gasteiger partial charge in [-0.25, -0.2) is 38.1 Å². The van der Waals surface area contributed by atoms with Crippen molar-refractivity contribution in [3.63, 3.8) is 0 Å². The second-order valence-electron chi connectivity index (χ2n) is 20.3. The fourth-order valence-corrected chi connectivity index (χ4v) is 9.79. The van der Waals surface area contributed by atoms with Crippen molar-refractivity contribution in [1.82, 2.24) is 58.8 Å². The molecule has 2 radical (unpaired) electrons. The summed E-state index contributed by atoms with van der Waals surface area (Å²) in [5, 5.41) is 4.69. The Morgan fingerprint density at radius 3 is 1.33 bits per heavy atom. The van der Waals surface area contributed by atoms with Gasteiger partial charge in [0.05, 0.1) is 93.0 Å². The Morgan fingerprint density at radius 1 is 0.568 bits per heavy atom. The van der Waals surface area contributed by atoms with Gasteiger partial charge >= 0.3 is 6.18 Å². The number of aromatic amines is 2. The van der Waals surface area contributed by atoms with Gasteiger partial charge in [0.1, 0.15) is 46.6 Å². The van der Waals surface area contributed by atoms with E-state index < -0.39 is 41.1 Å². The maximum absolute atomic E-state index is 13.7. The zero-order valence-corrected chi connectivity index (χ0v) is 55.0. The number of carbonyl (C=O) groups is 1. The number of para-hydroxylation sites is 3. The molecule has 0 unspecified atom stereocenters. The summed E-state index contributed by atoms with van der Waals surface area (Å²) in [6.45, 7) is 10.9. The molecule has 0 aliphatic heterocycles. The SMILES string of the molecule is C.C[C@@H](N)c1nc2ccccc2c(=O)n1-c1ccc(F)cc1.C[C@@H](NCc1ncc[nH]1)c1nc2ccccc2c(=O)n1-c1ccc(F)cc1.C[C@H](c1nc2ccccc2c(=O)n1-c1ccc(F)cc1)N(Cc1ncc[nH]1)C(=O)Cc1ccc(C(F)(F)F)cc1.Cl.[CH2-]C.[CH3-].[V].[V]. The summed E-state index contributed by atoms with van der Waals surface area (Å²) in [5.74, 6) is 0.865. The van der Waals surface area contributed by atoms with E-state index in [0.29, 0.717) is 79.4 Å². The number of halogens is 7. The Kier molecular flexibility index (Phi) is 29.1. The maximum Gasteiger partial charge on any atom is 0.416 e. The van der Waals surface area contributed by atoms with Crippen LogP contribution in [0.5, 0.6) is 0 Å². The molecule has 0 spiro atoms. The number of fused-ring (bicyclic) bond motifs is 3. The fraction of sp³-hybridized carbons (Fsp3) is 0.174. The van der Waals surface area contributed by atoms with E-state index in [-0.39, 0.29) is 112 Å². The molecule has 0 saturated heterocycles. The summed E-state index contributed by atoms with van der Waals surface area (Å²) in [7, 11) is 0. The van der Waals surface area contributed by atoms with Gasteiger partial charge in [-0.1, -0.05) is 56.0 Å². The van der Waals surface area contributed by atoms with Gasteiger partial charge in [0.25, 0.3) is 16.7 Å². The molecule has 26 heteroatoms. The Morgan fingerprint density at radius 2 is 0.937 bits per heavy atom. The van der Waals surface area contributed by atoms with Crippen LogP contribution in [0.4, 0.5) is 26.3 Å². The van der Waals surface area contributed by atoms with Crippen LogP contribution in [0.1, 0.15) is 93.5 Å². The van der Waals surface area contributed by atoms with E-state index in [1.807, 2.05) is 25.1 Å². The molecule has 12 rings (SSSR count). The monoisotopic (exact) mass is 1390 g/mol. The van der Waals surface area contributed by atoms with Crippen LogP contribution in [0.3, 0.4) is 0 Å². The number of H-pyrrole nitrogens is 2. The van der Waals surface area contributed by atoms with Crippen molar-refractivity contribution in [2.24, 2.45) is 5.73 Å². The van der Waals surface area contributed by atoms with Crippen LogP contribution in [0.2, 0.25) is 0 Å². The molecule has 5 N–H and O–H groups in total. The quantitative estimate of drug-likeness (QED) is 0.0592. The van der Waals surface area contributed by atoms with Crippen molar-refractivity contribution in [3.05, 3.63) is 298 Å². The van der Waals surface area contributed by atoms with Gasteiger partial charge in [0.15, 0.2) is 0 Å². The van der Waals surface area contributed by atoms with Crippen molar-refractivity contribution >= 4 is 51.0 Å². The average molecular weight is 1390 g/mol. The summed E-state index contributed by atoms with van der Waals surface area (Å²) in [4.78, 5) is 83.0. The van der Waals surface area contributed by atoms with Gasteiger partial charge in [0, 0.05) is 61.9 Å². The molecule has 12 aromatic rings. The number of carbonyl (C=O) groups excluding carboxylic acids is 1. The fourth-order valence-electron chi connectivity index (χ4n) is 9.79. The van der Waals surface area contributed by atoms with Crippen LogP contribution in [-0.2, 0) is 67.6 Å². The third-order valence-corrected chi connectivity index (χ3v) is 14.3. The molecule has 3 atom stereocenters. The van der Waals surface area contributed by atoms with Gasteiger partial charge in [-0.05, 0) is 148 Å². The van der Waals surface area contributed by atoms with Crippen LogP contribution in [-0.4, -0.2) is 59.4 Å². The molecular formula is C69H68ClF6N13O4V2-2. The predicted octanol–water partition coefficient (Wildman–Crippen LogP) is 13.6. The second kappa shape index (κ2) is 35.4. The second-order valence-corrected chi connectivity index (χ2v) is 20.3. The van der Waals surface area contributed by atoms with Gasteiger partial charge < -0.3 is 40.3 Å². The van der Waals surface area contributed by atoms with Crippen molar-refractivity contribution in [1.29, 1.82) is 0 Å². The van der Waals surface area contributed by atoms with Gasteiger partial charge in [-0.15, -0.1) is 12.4 Å². The molecule has 0 aliphatic carbocycles. The molecule has 5 heterocycles. The summed E-state index contributed by atoms with van der Waals surface area (Å²) in [6.07, 6.45) is 1.88. The summed E-state index contributed by atoms with van der Waals surface area (Å²) in [5.41, 5.74) is 7.86. The number of nitrogens with one attached hydrogen (secondary N) is 3. The molecule has 0 bridgehead atoms. The van der Waals surface area contributed by atoms with E-state index in [9.17, 15) is 45.5 Å². The van der Waals surface area contributed by atoms with E-state index in [1.54, 1.807) is 118 Å². The number of hydrogen-bond donors (Lipinski definition) is 4. The molecule has 0 saturated carbocycles. The third kappa shape index (κ3) is 18.6. The minimum atomic E-state index is -4.49. The minimum Gasteiger partial charge on any atom is -0.358 e. The summed E-state index contributed by atoms with van der Waals surface area (Å²) in [6, 6.07) is 40.9. The predicted molar refractivity (Wildman–Crippen MR) is 352 cm³/mol. The molecule has 1 amide bonds. The van der Waals surface area contributed by atoms with E-state index >= 15 is 0 Å². The van der Waals surface area contributed by atoms with Gasteiger partial charge in [0.2, 0.25) is 5.91 Å². The number of alkyl halides is 3. The molecule has 7 aromatic carbocycles. The molecular weight excluding hydrogens is 1330 g/mol. The third-order valence-electron chi connectivity index (χ3n) is 14.3. The number of benzene rings is 7. The zero-order valence-electron chi connectivity index (χ0n) is 51.3. The normalized spacial score (nSPS) is 11.6. The Balaban J connectivity index is 0.000000306. The summed E-state index contributed by atoms with van der Waals surface area (Å²) >= 11 is 0. The smallest absolute Gasteiger partial charge is 0.358 e. The number of hydrogen-bond acceptors (Lipinski definition) is 11. The van der Waals surface area contributed by atoms with Crippen molar-refractivity contribution < 1.29 is 68.2 Å². The number of rotatable bonds is 14. The number of nitrogens with zero attached hydrogens (tertiary/aromatic N) is 9. The largest absolute Gasteiger partial charge is 0.416 e. The number of aromatic nitrogens is 10. The van der Waals surface area contributed by atoms with Crippen molar-refractivity contribution in [3.8, 4) is 17.1 Å². The molecule has 494 valence electrons. The Hall–Kier alpha value is -9.19. The van der Waals surface area contributed by atoms with E-state index in [1.165, 1.54) is 85.5 Å². The topological polar surface area (TPSA) is 220 Å². The zero-order chi connectivity index (χ0) is 64.2. The maximum atomic E-state index is 13.7. The average Bonchev–Trinajstić information content (AvgIpc) is 0.848. The number of nitrogens with two attached hydrogens (primary N) is 1. The standard InChI is InChI=1S/C29H23F4N5O2.C20H18FN5O.C16H14FN3O.C2H5.CH4.CH3.ClH.2V/c1-18(27-36-24-5-3-2-4-23(24)28(40)38(27)22-12-10-21(30)11-13-22)37(17-25-34-14-15-35-25)26(39)16-19-6-8-20(9-7-19)29(31,32)33;1-13(24-12-18-22-10-11-23-18)19-25-17-5-3-2-4-16(17)20(27)26(19)15-8-6-14(21)7-9-15;1-10(18)15-19-14-5-3-2-4-13(14)16(21)20(15)12-8-6-11(17)7-9-12;1-2;;;;;/h2-15,18H,16-17H2,1H3,(H,34,35);2-11,13,24H,12H2,1H3,(H,22,23);2-10H,18H2,1H3;1H2,2H3;1H4;1H3;1H;;/q;;;-1;;-1;;;/t18-;13-;10-;;;;;;/m111....../s1. The number of imidazole rings is 2. The minimum absolute atomic E-state index is 0. The van der Waals surface area contributed by atoms with Crippen LogP contribution < -0.4 is 27.7 Å². The van der Waals surface area contributed by atoms with Gasteiger partial charge in [-0.3, -0.25) is 32.9 Å². The van der Waals surface area contributed by atoms with Crippen molar-refractivity contribution in [2.75, 3.05) is 0 Å². The molecule has 17 nitrogen and oxygen atoms in total. The van der Waals surface area contributed by atoms with E-state index in [4.69, 9.17) is 15.7 Å². The Labute approximate surface area is 574 Å². The molecule has 0 fully saturated rings. The van der Waals surface area contributed by atoms with E-state index in [2.05, 4.69) is 37.2 Å². The first-order valence-electron chi connectivity index (χ1n) is 28.3. The van der Waals surface area contributed by atoms with Crippen LogP contribution >= 0.6 is 12.4 Å². The molecule has 95 heavy (non-hydrogen) atoms. The first kappa shape index (κ1) is 78.3. The van der Waals surface area contributed by atoms with Crippen LogP contribution in [0.15, 0.2) is 209 Å².